The standard InChI is InChI=1S/C12H18FN3O2/c1-8(18-2)6-15-7-9-4-3-5-10(11(9)13)12(14)16-17/h3-5,8,15,17H,6-7H2,1-2H3,(H2,14,16). The number of rotatable bonds is 6. The zero-order valence-electron chi connectivity index (χ0n) is 10.5. The second-order valence-corrected chi connectivity index (χ2v) is 3.94. The second-order valence-electron chi connectivity index (χ2n) is 3.94. The third kappa shape index (κ3) is 3.68. The van der Waals surface area contributed by atoms with E-state index in [0.717, 1.165) is 0 Å². The van der Waals surface area contributed by atoms with Crippen molar-refractivity contribution in [3.8, 4) is 0 Å². The number of amidine groups is 1. The molecule has 1 atom stereocenters. The van der Waals surface area contributed by atoms with Gasteiger partial charge < -0.3 is 21.0 Å². The maximum Gasteiger partial charge on any atom is 0.173 e. The van der Waals surface area contributed by atoms with E-state index < -0.39 is 5.82 Å². The second kappa shape index (κ2) is 6.93. The third-order valence-electron chi connectivity index (χ3n) is 2.61. The fourth-order valence-corrected chi connectivity index (χ4v) is 1.46. The Hall–Kier alpha value is -1.66. The molecule has 0 saturated carbocycles. The summed E-state index contributed by atoms with van der Waals surface area (Å²) in [7, 11) is 1.62. The summed E-state index contributed by atoms with van der Waals surface area (Å²) in [5, 5.41) is 14.4. The highest BCUT2D eigenvalue weighted by molar-refractivity contribution is 5.97. The molecule has 4 N–H and O–H groups in total. The van der Waals surface area contributed by atoms with Gasteiger partial charge in [-0.05, 0) is 13.0 Å². The normalized spacial score (nSPS) is 13.6. The number of hydrogen-bond donors (Lipinski definition) is 3. The van der Waals surface area contributed by atoms with Crippen LogP contribution in [0.25, 0.3) is 0 Å². The average molecular weight is 255 g/mol. The molecule has 0 amide bonds. The van der Waals surface area contributed by atoms with Gasteiger partial charge in [-0.15, -0.1) is 0 Å². The van der Waals surface area contributed by atoms with Crippen molar-refractivity contribution >= 4 is 5.84 Å². The Kier molecular flexibility index (Phi) is 5.54. The Balaban J connectivity index is 2.72. The van der Waals surface area contributed by atoms with Gasteiger partial charge in [0.15, 0.2) is 5.84 Å². The highest BCUT2D eigenvalue weighted by Crippen LogP contribution is 2.12. The molecule has 0 radical (unpaired) electrons. The molecular weight excluding hydrogens is 237 g/mol. The predicted octanol–water partition coefficient (Wildman–Crippen LogP) is 1.04. The highest BCUT2D eigenvalue weighted by atomic mass is 19.1. The lowest BCUT2D eigenvalue weighted by atomic mass is 10.1. The van der Waals surface area contributed by atoms with Gasteiger partial charge in [0.1, 0.15) is 5.82 Å². The van der Waals surface area contributed by atoms with Crippen molar-refractivity contribution in [3.05, 3.63) is 35.1 Å². The van der Waals surface area contributed by atoms with Gasteiger partial charge in [0.05, 0.1) is 11.7 Å². The number of nitrogens with one attached hydrogen (secondary N) is 1. The minimum atomic E-state index is -0.481. The lowest BCUT2D eigenvalue weighted by Crippen LogP contribution is -2.26. The van der Waals surface area contributed by atoms with Crippen LogP contribution < -0.4 is 11.1 Å². The summed E-state index contributed by atoms with van der Waals surface area (Å²) in [4.78, 5) is 0. The maximum absolute atomic E-state index is 14.0. The molecule has 18 heavy (non-hydrogen) atoms. The van der Waals surface area contributed by atoms with Crippen molar-refractivity contribution in [2.45, 2.75) is 19.6 Å². The summed E-state index contributed by atoms with van der Waals surface area (Å²) in [6, 6.07) is 4.77. The zero-order valence-corrected chi connectivity index (χ0v) is 10.5. The van der Waals surface area contributed by atoms with E-state index in [2.05, 4.69) is 10.5 Å². The summed E-state index contributed by atoms with van der Waals surface area (Å²) in [5.41, 5.74) is 5.94. The van der Waals surface area contributed by atoms with Crippen LogP contribution in [-0.2, 0) is 11.3 Å². The summed E-state index contributed by atoms with van der Waals surface area (Å²) in [6.07, 6.45) is 0.0558. The first-order chi connectivity index (χ1) is 8.60. The van der Waals surface area contributed by atoms with Crippen LogP contribution in [0.15, 0.2) is 23.4 Å². The fourth-order valence-electron chi connectivity index (χ4n) is 1.46. The molecular formula is C12H18FN3O2. The van der Waals surface area contributed by atoms with Gasteiger partial charge in [0, 0.05) is 25.8 Å². The van der Waals surface area contributed by atoms with Crippen LogP contribution in [0.1, 0.15) is 18.1 Å². The van der Waals surface area contributed by atoms with Crippen molar-refractivity contribution in [1.29, 1.82) is 0 Å². The summed E-state index contributed by atoms with van der Waals surface area (Å²) < 4.78 is 19.0. The van der Waals surface area contributed by atoms with Gasteiger partial charge in [0.25, 0.3) is 0 Å². The van der Waals surface area contributed by atoms with E-state index in [4.69, 9.17) is 15.7 Å². The van der Waals surface area contributed by atoms with Gasteiger partial charge in [-0.25, -0.2) is 4.39 Å². The van der Waals surface area contributed by atoms with E-state index in [-0.39, 0.29) is 17.5 Å². The molecule has 0 aromatic heterocycles. The van der Waals surface area contributed by atoms with Crippen molar-refractivity contribution in [1.82, 2.24) is 5.32 Å². The Morgan fingerprint density at radius 2 is 2.33 bits per heavy atom. The molecule has 0 aliphatic heterocycles. The quantitative estimate of drug-likeness (QED) is 0.307. The monoisotopic (exact) mass is 255 g/mol. The Labute approximate surface area is 105 Å². The molecule has 0 aliphatic rings. The molecule has 0 bridgehead atoms. The smallest absolute Gasteiger partial charge is 0.173 e. The van der Waals surface area contributed by atoms with Crippen LogP contribution in [0.3, 0.4) is 0 Å². The van der Waals surface area contributed by atoms with Crippen LogP contribution >= 0.6 is 0 Å². The van der Waals surface area contributed by atoms with Gasteiger partial charge in [-0.2, -0.15) is 0 Å². The molecule has 0 saturated heterocycles. The predicted molar refractivity (Wildman–Crippen MR) is 67.1 cm³/mol. The topological polar surface area (TPSA) is 79.9 Å². The first-order valence-corrected chi connectivity index (χ1v) is 5.59. The molecule has 100 valence electrons. The summed E-state index contributed by atoms with van der Waals surface area (Å²) in [5.74, 6) is -0.718. The van der Waals surface area contributed by atoms with E-state index >= 15 is 0 Å². The van der Waals surface area contributed by atoms with E-state index in [9.17, 15) is 4.39 Å². The largest absolute Gasteiger partial charge is 0.409 e. The van der Waals surface area contributed by atoms with Crippen LogP contribution in [0.4, 0.5) is 4.39 Å². The molecule has 0 spiro atoms. The first kappa shape index (κ1) is 14.4. The number of nitrogens with zero attached hydrogens (tertiary/aromatic N) is 1. The molecule has 5 nitrogen and oxygen atoms in total. The Morgan fingerprint density at radius 1 is 1.61 bits per heavy atom. The highest BCUT2D eigenvalue weighted by Gasteiger charge is 2.11. The van der Waals surface area contributed by atoms with E-state index in [0.29, 0.717) is 18.7 Å². The average Bonchev–Trinajstić information content (AvgIpc) is 2.39. The van der Waals surface area contributed by atoms with Crippen LogP contribution in [0.5, 0.6) is 0 Å². The minimum Gasteiger partial charge on any atom is -0.409 e. The van der Waals surface area contributed by atoms with Crippen LogP contribution in [0.2, 0.25) is 0 Å². The minimum absolute atomic E-state index is 0.0558. The zero-order chi connectivity index (χ0) is 13.5. The van der Waals surface area contributed by atoms with E-state index in [1.807, 2.05) is 6.92 Å². The fraction of sp³-hybridized carbons (Fsp3) is 0.417. The van der Waals surface area contributed by atoms with Gasteiger partial charge in [-0.1, -0.05) is 17.3 Å². The van der Waals surface area contributed by atoms with Gasteiger partial charge in [-0.3, -0.25) is 0 Å². The lowest BCUT2D eigenvalue weighted by Gasteiger charge is -2.12. The summed E-state index contributed by atoms with van der Waals surface area (Å²) in [6.45, 7) is 2.88. The number of halogens is 1. The molecule has 6 heteroatoms. The van der Waals surface area contributed by atoms with Gasteiger partial charge >= 0.3 is 0 Å². The Morgan fingerprint density at radius 3 is 2.94 bits per heavy atom. The lowest BCUT2D eigenvalue weighted by molar-refractivity contribution is 0.117. The molecule has 0 heterocycles. The molecule has 1 aromatic rings. The SMILES string of the molecule is COC(C)CNCc1cccc(/C(N)=N/O)c1F. The van der Waals surface area contributed by atoms with Crippen molar-refractivity contribution in [3.63, 3.8) is 0 Å². The molecule has 0 fully saturated rings. The molecule has 1 rings (SSSR count). The number of benzene rings is 1. The molecule has 0 aliphatic carbocycles. The van der Waals surface area contributed by atoms with Crippen molar-refractivity contribution < 1.29 is 14.3 Å². The van der Waals surface area contributed by atoms with E-state index in [1.165, 1.54) is 6.07 Å². The van der Waals surface area contributed by atoms with Crippen molar-refractivity contribution in [2.75, 3.05) is 13.7 Å². The summed E-state index contributed by atoms with van der Waals surface area (Å²) >= 11 is 0. The van der Waals surface area contributed by atoms with Crippen LogP contribution in [-0.4, -0.2) is 30.8 Å². The first-order valence-electron chi connectivity index (χ1n) is 5.59. The molecule has 1 unspecified atom stereocenters. The number of oxime groups is 1. The third-order valence-corrected chi connectivity index (χ3v) is 2.61. The number of methoxy groups -OCH3 is 1. The number of hydrogen-bond acceptors (Lipinski definition) is 4. The van der Waals surface area contributed by atoms with Crippen LogP contribution in [0, 0.1) is 5.82 Å². The van der Waals surface area contributed by atoms with E-state index in [1.54, 1.807) is 19.2 Å². The van der Waals surface area contributed by atoms with Crippen molar-refractivity contribution in [2.24, 2.45) is 10.9 Å². The maximum atomic E-state index is 14.0. The number of nitrogens with two attached hydrogens (primary N) is 1. The molecule has 1 aromatic carbocycles. The number of ether oxygens (including phenoxy) is 1. The Bertz CT molecular complexity index is 424. The van der Waals surface area contributed by atoms with Gasteiger partial charge in [0.2, 0.25) is 0 Å².